The molecule has 3 rings (SSSR count). The maximum absolute atomic E-state index is 11.7. The fourth-order valence-corrected chi connectivity index (χ4v) is 1.84. The van der Waals surface area contributed by atoms with E-state index in [1.54, 1.807) is 24.3 Å². The average molecular weight is 284 g/mol. The zero-order chi connectivity index (χ0) is 14.8. The molecule has 104 valence electrons. The third-order valence-corrected chi connectivity index (χ3v) is 2.78. The third kappa shape index (κ3) is 2.44. The van der Waals surface area contributed by atoms with Gasteiger partial charge < -0.3 is 9.15 Å². The number of aliphatic imine (C=N–C) groups is 1. The van der Waals surface area contributed by atoms with E-state index >= 15 is 0 Å². The summed E-state index contributed by atoms with van der Waals surface area (Å²) in [5, 5.41) is 10.9. The molecule has 0 saturated heterocycles. The van der Waals surface area contributed by atoms with Crippen molar-refractivity contribution in [3.63, 3.8) is 0 Å². The van der Waals surface area contributed by atoms with E-state index in [2.05, 4.69) is 4.99 Å². The number of nitrogens with zero attached hydrogens (tertiary/aromatic N) is 2. The zero-order valence-electron chi connectivity index (χ0n) is 10.6. The molecule has 1 aromatic carbocycles. The Labute approximate surface area is 118 Å². The van der Waals surface area contributed by atoms with Crippen LogP contribution in [0, 0.1) is 10.1 Å². The Morgan fingerprint density at radius 3 is 2.71 bits per heavy atom. The number of nitro benzene ring substituents is 1. The summed E-state index contributed by atoms with van der Waals surface area (Å²) in [5.41, 5.74) is 0.147. The number of esters is 1. The first-order valence-corrected chi connectivity index (χ1v) is 5.95. The van der Waals surface area contributed by atoms with Crippen LogP contribution in [0.1, 0.15) is 11.3 Å². The number of rotatable bonds is 3. The van der Waals surface area contributed by atoms with Crippen LogP contribution in [-0.2, 0) is 9.53 Å². The van der Waals surface area contributed by atoms with E-state index in [9.17, 15) is 14.9 Å². The predicted octanol–water partition coefficient (Wildman–Crippen LogP) is 2.53. The molecular weight excluding hydrogens is 276 g/mol. The van der Waals surface area contributed by atoms with Crippen LogP contribution in [0.25, 0.3) is 6.08 Å². The number of ether oxygens (including phenoxy) is 1. The fraction of sp³-hybridized carbons (Fsp3) is 0. The molecule has 0 N–H and O–H groups in total. The number of hydrogen-bond donors (Lipinski definition) is 0. The molecule has 2 aromatic rings. The van der Waals surface area contributed by atoms with E-state index in [1.165, 1.54) is 24.5 Å². The molecule has 0 amide bonds. The molecule has 0 spiro atoms. The number of nitro groups is 1. The number of benzene rings is 1. The minimum Gasteiger partial charge on any atom is -0.459 e. The molecule has 0 unspecified atom stereocenters. The van der Waals surface area contributed by atoms with Crippen molar-refractivity contribution in [3.8, 4) is 0 Å². The Bertz CT molecular complexity index is 774. The molecular formula is C14H8N2O5. The van der Waals surface area contributed by atoms with Crippen molar-refractivity contribution in [1.82, 2.24) is 0 Å². The van der Waals surface area contributed by atoms with Crippen LogP contribution in [0.2, 0.25) is 0 Å². The van der Waals surface area contributed by atoms with Gasteiger partial charge in [-0.3, -0.25) is 10.1 Å². The third-order valence-electron chi connectivity index (χ3n) is 2.78. The van der Waals surface area contributed by atoms with Crippen molar-refractivity contribution >= 4 is 23.6 Å². The van der Waals surface area contributed by atoms with E-state index in [1.807, 2.05) is 0 Å². The van der Waals surface area contributed by atoms with Crippen LogP contribution in [-0.4, -0.2) is 16.8 Å². The molecule has 7 nitrogen and oxygen atoms in total. The quantitative estimate of drug-likeness (QED) is 0.373. The van der Waals surface area contributed by atoms with Gasteiger partial charge in [0.1, 0.15) is 0 Å². The number of cyclic esters (lactones) is 1. The van der Waals surface area contributed by atoms with Crippen LogP contribution in [0.5, 0.6) is 0 Å². The maximum atomic E-state index is 11.7. The summed E-state index contributed by atoms with van der Waals surface area (Å²) < 4.78 is 10.1. The summed E-state index contributed by atoms with van der Waals surface area (Å²) in [6.07, 6.45) is 2.74. The number of carbonyl (C=O) groups is 1. The SMILES string of the molecule is O=C1OC(c2ccco2)=N/C1=C\c1ccccc1[N+](=O)[O-]. The summed E-state index contributed by atoms with van der Waals surface area (Å²) in [7, 11) is 0. The fourth-order valence-electron chi connectivity index (χ4n) is 1.84. The minimum atomic E-state index is -0.681. The lowest BCUT2D eigenvalue weighted by atomic mass is 10.1. The Morgan fingerprint density at radius 2 is 2.00 bits per heavy atom. The molecule has 7 heteroatoms. The van der Waals surface area contributed by atoms with E-state index in [-0.39, 0.29) is 22.8 Å². The molecule has 2 heterocycles. The molecule has 1 aromatic heterocycles. The second-order valence-electron chi connectivity index (χ2n) is 4.13. The van der Waals surface area contributed by atoms with Crippen molar-refractivity contribution in [1.29, 1.82) is 0 Å². The number of furan rings is 1. The van der Waals surface area contributed by atoms with Gasteiger partial charge in [0.25, 0.3) is 11.6 Å². The van der Waals surface area contributed by atoms with Crippen molar-refractivity contribution in [2.75, 3.05) is 0 Å². The van der Waals surface area contributed by atoms with Crippen LogP contribution in [0.3, 0.4) is 0 Å². The number of hydrogen-bond acceptors (Lipinski definition) is 6. The lowest BCUT2D eigenvalue weighted by Crippen LogP contribution is -2.04. The van der Waals surface area contributed by atoms with E-state index < -0.39 is 10.9 Å². The second-order valence-corrected chi connectivity index (χ2v) is 4.13. The molecule has 1 aliphatic rings. The maximum Gasteiger partial charge on any atom is 0.363 e. The molecule has 21 heavy (non-hydrogen) atoms. The monoisotopic (exact) mass is 284 g/mol. The van der Waals surface area contributed by atoms with Crippen molar-refractivity contribution in [3.05, 3.63) is 69.8 Å². The predicted molar refractivity (Wildman–Crippen MR) is 72.4 cm³/mol. The highest BCUT2D eigenvalue weighted by molar-refractivity contribution is 6.12. The molecule has 0 bridgehead atoms. The topological polar surface area (TPSA) is 94.9 Å². The Balaban J connectivity index is 2.01. The van der Waals surface area contributed by atoms with Gasteiger partial charge in [-0.15, -0.1) is 0 Å². The van der Waals surface area contributed by atoms with Crippen molar-refractivity contribution < 1.29 is 18.9 Å². The van der Waals surface area contributed by atoms with Crippen LogP contribution in [0.15, 0.2) is 57.8 Å². The lowest BCUT2D eigenvalue weighted by molar-refractivity contribution is -0.385. The van der Waals surface area contributed by atoms with Crippen LogP contribution < -0.4 is 0 Å². The lowest BCUT2D eigenvalue weighted by Gasteiger charge is -1.96. The normalized spacial score (nSPS) is 15.9. The zero-order valence-corrected chi connectivity index (χ0v) is 10.6. The molecule has 0 saturated carbocycles. The van der Waals surface area contributed by atoms with Gasteiger partial charge in [0.2, 0.25) is 0 Å². The van der Waals surface area contributed by atoms with E-state index in [4.69, 9.17) is 9.15 Å². The van der Waals surface area contributed by atoms with Gasteiger partial charge >= 0.3 is 5.97 Å². The Kier molecular flexibility index (Phi) is 3.07. The van der Waals surface area contributed by atoms with Gasteiger partial charge in [-0.2, -0.15) is 0 Å². The molecule has 0 atom stereocenters. The van der Waals surface area contributed by atoms with Crippen molar-refractivity contribution in [2.24, 2.45) is 4.99 Å². The largest absolute Gasteiger partial charge is 0.459 e. The van der Waals surface area contributed by atoms with Gasteiger partial charge in [0.05, 0.1) is 16.7 Å². The first-order valence-electron chi connectivity index (χ1n) is 5.95. The van der Waals surface area contributed by atoms with Crippen molar-refractivity contribution in [2.45, 2.75) is 0 Å². The molecule has 0 radical (unpaired) electrons. The minimum absolute atomic E-state index is 0.0179. The smallest absolute Gasteiger partial charge is 0.363 e. The van der Waals surface area contributed by atoms with E-state index in [0.717, 1.165) is 0 Å². The standard InChI is InChI=1S/C14H8N2O5/c17-14-10(15-13(21-14)12-6-3-7-20-12)8-9-4-1-2-5-11(9)16(18)19/h1-8H/b10-8-. The van der Waals surface area contributed by atoms with Crippen LogP contribution >= 0.6 is 0 Å². The summed E-state index contributed by atoms with van der Waals surface area (Å²) in [5.74, 6) is -0.330. The highest BCUT2D eigenvalue weighted by Gasteiger charge is 2.26. The molecule has 0 aliphatic carbocycles. The summed E-state index contributed by atoms with van der Waals surface area (Å²) >= 11 is 0. The molecule has 1 aliphatic heterocycles. The summed E-state index contributed by atoms with van der Waals surface area (Å²) in [6, 6.07) is 9.29. The number of carbonyl (C=O) groups excluding carboxylic acids is 1. The van der Waals surface area contributed by atoms with Gasteiger partial charge in [0.15, 0.2) is 11.5 Å². The van der Waals surface area contributed by atoms with Crippen LogP contribution in [0.4, 0.5) is 5.69 Å². The van der Waals surface area contributed by atoms with Gasteiger partial charge in [-0.05, 0) is 24.3 Å². The highest BCUT2D eigenvalue weighted by atomic mass is 16.6. The van der Waals surface area contributed by atoms with Gasteiger partial charge in [0, 0.05) is 6.07 Å². The second kappa shape index (κ2) is 5.04. The number of para-hydroxylation sites is 1. The first kappa shape index (κ1) is 12.8. The Hall–Kier alpha value is -3.22. The van der Waals surface area contributed by atoms with E-state index in [0.29, 0.717) is 5.76 Å². The van der Waals surface area contributed by atoms with Gasteiger partial charge in [-0.25, -0.2) is 9.79 Å². The average Bonchev–Trinajstić information content (AvgIpc) is 3.10. The summed E-state index contributed by atoms with van der Waals surface area (Å²) in [6.45, 7) is 0. The first-order chi connectivity index (χ1) is 10.1. The molecule has 0 fully saturated rings. The Morgan fingerprint density at radius 1 is 1.19 bits per heavy atom. The van der Waals surface area contributed by atoms with Gasteiger partial charge in [-0.1, -0.05) is 12.1 Å². The summed E-state index contributed by atoms with van der Waals surface area (Å²) in [4.78, 5) is 26.2. The highest BCUT2D eigenvalue weighted by Crippen LogP contribution is 2.24.